The SMILES string of the molecule is C[C@](N)(Cc1ccc([N+](=O)[O-])c(OCC(=O)O)c1)C(=O)O.Cl. The largest absolute Gasteiger partial charge is 0.480 e. The summed E-state index contributed by atoms with van der Waals surface area (Å²) in [7, 11) is 0. The van der Waals surface area contributed by atoms with Crippen LogP contribution in [0.3, 0.4) is 0 Å². The average Bonchev–Trinajstić information content (AvgIpc) is 2.35. The van der Waals surface area contributed by atoms with Crippen LogP contribution in [0.15, 0.2) is 18.2 Å². The predicted molar refractivity (Wildman–Crippen MR) is 77.4 cm³/mol. The normalized spacial score (nSPS) is 12.6. The first kappa shape index (κ1) is 19.6. The lowest BCUT2D eigenvalue weighted by atomic mass is 9.94. The van der Waals surface area contributed by atoms with E-state index < -0.39 is 34.7 Å². The fourth-order valence-corrected chi connectivity index (χ4v) is 1.57. The number of nitrogens with zero attached hydrogens (tertiary/aromatic N) is 1. The second kappa shape index (κ2) is 7.57. The van der Waals surface area contributed by atoms with Crippen molar-refractivity contribution >= 4 is 30.0 Å². The Hall–Kier alpha value is -2.39. The van der Waals surface area contributed by atoms with E-state index in [4.69, 9.17) is 20.7 Å². The van der Waals surface area contributed by atoms with Crippen molar-refractivity contribution in [2.24, 2.45) is 5.73 Å². The minimum Gasteiger partial charge on any atom is -0.480 e. The van der Waals surface area contributed by atoms with Gasteiger partial charge in [0, 0.05) is 12.5 Å². The van der Waals surface area contributed by atoms with Gasteiger partial charge >= 0.3 is 17.6 Å². The lowest BCUT2D eigenvalue weighted by molar-refractivity contribution is -0.385. The third kappa shape index (κ3) is 5.19. The number of halogens is 1. The van der Waals surface area contributed by atoms with Gasteiger partial charge < -0.3 is 20.7 Å². The topological polar surface area (TPSA) is 153 Å². The molecule has 22 heavy (non-hydrogen) atoms. The highest BCUT2D eigenvalue weighted by atomic mass is 35.5. The Morgan fingerprint density at radius 1 is 1.41 bits per heavy atom. The van der Waals surface area contributed by atoms with Crippen molar-refractivity contribution in [1.29, 1.82) is 0 Å². The second-order valence-corrected chi connectivity index (χ2v) is 4.64. The van der Waals surface area contributed by atoms with Gasteiger partial charge in [0.15, 0.2) is 12.4 Å². The summed E-state index contributed by atoms with van der Waals surface area (Å²) in [6.07, 6.45) is -0.0935. The molecule has 0 aliphatic carbocycles. The maximum Gasteiger partial charge on any atom is 0.341 e. The van der Waals surface area contributed by atoms with Crippen LogP contribution in [0.1, 0.15) is 12.5 Å². The quantitative estimate of drug-likeness (QED) is 0.489. The Morgan fingerprint density at radius 2 is 2.00 bits per heavy atom. The number of carboxylic acids is 2. The monoisotopic (exact) mass is 334 g/mol. The fraction of sp³-hybridized carbons (Fsp3) is 0.333. The molecule has 0 spiro atoms. The minimum absolute atomic E-state index is 0. The Kier molecular flexibility index (Phi) is 6.75. The molecule has 0 bridgehead atoms. The van der Waals surface area contributed by atoms with Crippen molar-refractivity contribution < 1.29 is 29.5 Å². The molecule has 0 heterocycles. The third-order valence-electron chi connectivity index (χ3n) is 2.63. The maximum atomic E-state index is 11.0. The number of nitro groups is 1. The van der Waals surface area contributed by atoms with Gasteiger partial charge in [-0.05, 0) is 18.6 Å². The number of rotatable bonds is 7. The molecule has 9 nitrogen and oxygen atoms in total. The van der Waals surface area contributed by atoms with Gasteiger partial charge in [0.1, 0.15) is 5.54 Å². The van der Waals surface area contributed by atoms with Crippen molar-refractivity contribution in [2.75, 3.05) is 6.61 Å². The van der Waals surface area contributed by atoms with Crippen molar-refractivity contribution in [3.05, 3.63) is 33.9 Å². The molecule has 0 unspecified atom stereocenters. The number of hydrogen-bond acceptors (Lipinski definition) is 6. The van der Waals surface area contributed by atoms with Crippen LogP contribution in [0.4, 0.5) is 5.69 Å². The van der Waals surface area contributed by atoms with Crippen LogP contribution in [-0.2, 0) is 16.0 Å². The van der Waals surface area contributed by atoms with Crippen LogP contribution in [0.5, 0.6) is 5.75 Å². The van der Waals surface area contributed by atoms with E-state index in [9.17, 15) is 19.7 Å². The van der Waals surface area contributed by atoms with Gasteiger partial charge in [0.05, 0.1) is 4.92 Å². The highest BCUT2D eigenvalue weighted by Crippen LogP contribution is 2.29. The Balaban J connectivity index is 0.00000441. The van der Waals surface area contributed by atoms with Crippen molar-refractivity contribution in [3.63, 3.8) is 0 Å². The van der Waals surface area contributed by atoms with Gasteiger partial charge in [-0.1, -0.05) is 6.07 Å². The molecule has 1 aromatic rings. The van der Waals surface area contributed by atoms with E-state index >= 15 is 0 Å². The van der Waals surface area contributed by atoms with E-state index in [1.165, 1.54) is 19.1 Å². The molecule has 1 aromatic carbocycles. The average molecular weight is 335 g/mol. The molecule has 0 aromatic heterocycles. The molecule has 0 aliphatic heterocycles. The summed E-state index contributed by atoms with van der Waals surface area (Å²) in [5, 5.41) is 28.3. The molecule has 0 fully saturated rings. The van der Waals surface area contributed by atoms with E-state index in [0.717, 1.165) is 6.07 Å². The number of carbonyl (C=O) groups is 2. The molecular formula is C12H15ClN2O7. The first-order chi connectivity index (χ1) is 9.63. The summed E-state index contributed by atoms with van der Waals surface area (Å²) in [6.45, 7) is 0.553. The molecule has 1 rings (SSSR count). The fourth-order valence-electron chi connectivity index (χ4n) is 1.57. The number of ether oxygens (including phenoxy) is 1. The van der Waals surface area contributed by atoms with Crippen molar-refractivity contribution in [2.45, 2.75) is 18.9 Å². The summed E-state index contributed by atoms with van der Waals surface area (Å²) < 4.78 is 4.85. The smallest absolute Gasteiger partial charge is 0.341 e. The van der Waals surface area contributed by atoms with E-state index in [1.54, 1.807) is 0 Å². The van der Waals surface area contributed by atoms with Gasteiger partial charge in [0.2, 0.25) is 0 Å². The standard InChI is InChI=1S/C12H14N2O7.ClH/c1-12(13,11(17)18)5-7-2-3-8(14(19)20)9(4-7)21-6-10(15)16;/h2-4H,5-6,13H2,1H3,(H,15,16)(H,17,18);1H/t12-;/m0./s1. The van der Waals surface area contributed by atoms with E-state index in [-0.39, 0.29) is 24.6 Å². The van der Waals surface area contributed by atoms with E-state index in [1.807, 2.05) is 0 Å². The van der Waals surface area contributed by atoms with Gasteiger partial charge in [-0.2, -0.15) is 0 Å². The molecule has 10 heteroatoms. The zero-order valence-electron chi connectivity index (χ0n) is 11.5. The molecule has 1 atom stereocenters. The first-order valence-corrected chi connectivity index (χ1v) is 5.77. The summed E-state index contributed by atoms with van der Waals surface area (Å²) in [6, 6.07) is 3.68. The summed E-state index contributed by atoms with van der Waals surface area (Å²) in [5.74, 6) is -2.76. The Morgan fingerprint density at radius 3 is 2.45 bits per heavy atom. The van der Waals surface area contributed by atoms with Gasteiger partial charge in [-0.15, -0.1) is 12.4 Å². The van der Waals surface area contributed by atoms with Crippen LogP contribution in [0.2, 0.25) is 0 Å². The molecule has 0 radical (unpaired) electrons. The zero-order valence-corrected chi connectivity index (χ0v) is 12.3. The van der Waals surface area contributed by atoms with E-state index in [0.29, 0.717) is 5.56 Å². The predicted octanol–water partition coefficient (Wildman–Crippen LogP) is 0.824. The molecule has 0 aliphatic rings. The van der Waals surface area contributed by atoms with Crippen LogP contribution in [0.25, 0.3) is 0 Å². The van der Waals surface area contributed by atoms with Crippen molar-refractivity contribution in [1.82, 2.24) is 0 Å². The maximum absolute atomic E-state index is 11.0. The number of hydrogen-bond donors (Lipinski definition) is 3. The first-order valence-electron chi connectivity index (χ1n) is 5.77. The third-order valence-corrected chi connectivity index (χ3v) is 2.63. The highest BCUT2D eigenvalue weighted by molar-refractivity contribution is 5.85. The summed E-state index contributed by atoms with van der Waals surface area (Å²) in [5.41, 5.74) is 4.01. The van der Waals surface area contributed by atoms with Crippen LogP contribution >= 0.6 is 12.4 Å². The molecule has 0 saturated carbocycles. The molecule has 4 N–H and O–H groups in total. The number of nitro benzene ring substituents is 1. The van der Waals surface area contributed by atoms with Gasteiger partial charge in [0.25, 0.3) is 0 Å². The van der Waals surface area contributed by atoms with Crippen LogP contribution in [-0.4, -0.2) is 39.2 Å². The summed E-state index contributed by atoms with van der Waals surface area (Å²) >= 11 is 0. The van der Waals surface area contributed by atoms with Gasteiger partial charge in [-0.25, -0.2) is 4.79 Å². The minimum atomic E-state index is -1.56. The number of carboxylic acid groups (broad SMARTS) is 2. The Bertz CT molecular complexity index is 589. The molecular weight excluding hydrogens is 320 g/mol. The molecule has 0 saturated heterocycles. The molecule has 0 amide bonds. The number of benzene rings is 1. The lowest BCUT2D eigenvalue weighted by Gasteiger charge is -2.19. The Labute approximate surface area is 131 Å². The second-order valence-electron chi connectivity index (χ2n) is 4.64. The number of nitrogens with two attached hydrogens (primary N) is 1. The zero-order chi connectivity index (χ0) is 16.2. The highest BCUT2D eigenvalue weighted by Gasteiger charge is 2.29. The van der Waals surface area contributed by atoms with Crippen molar-refractivity contribution in [3.8, 4) is 5.75 Å². The van der Waals surface area contributed by atoms with Gasteiger partial charge in [-0.3, -0.25) is 14.9 Å². The molecule has 122 valence electrons. The van der Waals surface area contributed by atoms with Crippen LogP contribution < -0.4 is 10.5 Å². The summed E-state index contributed by atoms with van der Waals surface area (Å²) in [4.78, 5) is 31.5. The lowest BCUT2D eigenvalue weighted by Crippen LogP contribution is -2.46. The van der Waals surface area contributed by atoms with Crippen LogP contribution in [0, 0.1) is 10.1 Å². The van der Waals surface area contributed by atoms with E-state index in [2.05, 4.69) is 0 Å². The number of aliphatic carboxylic acids is 2.